The Morgan fingerprint density at radius 3 is 2.91 bits per heavy atom. The summed E-state index contributed by atoms with van der Waals surface area (Å²) < 4.78 is 0. The van der Waals surface area contributed by atoms with Crippen LogP contribution in [0.5, 0.6) is 0 Å². The van der Waals surface area contributed by atoms with E-state index in [9.17, 15) is 0 Å². The fraction of sp³-hybridized carbons (Fsp3) is 0.421. The van der Waals surface area contributed by atoms with Crippen molar-refractivity contribution in [2.75, 3.05) is 0 Å². The van der Waals surface area contributed by atoms with Crippen LogP contribution in [-0.2, 0) is 0 Å². The third-order valence-electron chi connectivity index (χ3n) is 4.59. The van der Waals surface area contributed by atoms with Gasteiger partial charge in [-0.1, -0.05) is 31.6 Å². The SMILES string of the molecule is C/C(=C\c1cnc2[nH]c(C3=CCC(N)CC3)cc2c1)C(C)C. The lowest BCUT2D eigenvalue weighted by Crippen LogP contribution is -2.21. The van der Waals surface area contributed by atoms with Crippen molar-refractivity contribution in [3.63, 3.8) is 0 Å². The highest BCUT2D eigenvalue weighted by molar-refractivity contribution is 5.83. The van der Waals surface area contributed by atoms with Gasteiger partial charge in [0.2, 0.25) is 0 Å². The summed E-state index contributed by atoms with van der Waals surface area (Å²) in [7, 11) is 0. The van der Waals surface area contributed by atoms with Crippen LogP contribution in [0.15, 0.2) is 30.0 Å². The molecule has 0 bridgehead atoms. The minimum absolute atomic E-state index is 0.321. The van der Waals surface area contributed by atoms with Crippen LogP contribution in [0.3, 0.4) is 0 Å². The highest BCUT2D eigenvalue weighted by atomic mass is 14.9. The molecule has 2 aromatic heterocycles. The molecule has 0 saturated carbocycles. The molecule has 0 aromatic carbocycles. The Morgan fingerprint density at radius 1 is 1.41 bits per heavy atom. The molecule has 0 radical (unpaired) electrons. The summed E-state index contributed by atoms with van der Waals surface area (Å²) in [4.78, 5) is 8.01. The van der Waals surface area contributed by atoms with Gasteiger partial charge in [-0.25, -0.2) is 4.98 Å². The second kappa shape index (κ2) is 6.09. The summed E-state index contributed by atoms with van der Waals surface area (Å²) in [6, 6.07) is 4.75. The van der Waals surface area contributed by atoms with Crippen LogP contribution >= 0.6 is 0 Å². The summed E-state index contributed by atoms with van der Waals surface area (Å²) in [5.74, 6) is 0.564. The second-order valence-electron chi connectivity index (χ2n) is 6.70. The van der Waals surface area contributed by atoms with E-state index in [1.54, 1.807) is 0 Å². The smallest absolute Gasteiger partial charge is 0.137 e. The van der Waals surface area contributed by atoms with E-state index in [1.807, 2.05) is 6.20 Å². The predicted octanol–water partition coefficient (Wildman–Crippen LogP) is 4.52. The molecule has 0 aliphatic heterocycles. The number of rotatable bonds is 3. The number of nitrogens with two attached hydrogens (primary N) is 1. The Morgan fingerprint density at radius 2 is 2.23 bits per heavy atom. The zero-order chi connectivity index (χ0) is 15.7. The Bertz CT molecular complexity index is 734. The van der Waals surface area contributed by atoms with E-state index in [4.69, 9.17) is 5.73 Å². The van der Waals surface area contributed by atoms with Crippen LogP contribution in [0.1, 0.15) is 51.3 Å². The fourth-order valence-corrected chi connectivity index (χ4v) is 2.81. The van der Waals surface area contributed by atoms with Gasteiger partial charge in [-0.3, -0.25) is 0 Å². The number of hydrogen-bond acceptors (Lipinski definition) is 2. The third-order valence-corrected chi connectivity index (χ3v) is 4.59. The van der Waals surface area contributed by atoms with Gasteiger partial charge < -0.3 is 10.7 Å². The van der Waals surface area contributed by atoms with Gasteiger partial charge >= 0.3 is 0 Å². The predicted molar refractivity (Wildman–Crippen MR) is 94.4 cm³/mol. The highest BCUT2D eigenvalue weighted by Crippen LogP contribution is 2.28. The maximum atomic E-state index is 5.97. The molecule has 1 atom stereocenters. The van der Waals surface area contributed by atoms with Crippen molar-refractivity contribution < 1.29 is 0 Å². The molecule has 3 rings (SSSR count). The summed E-state index contributed by atoms with van der Waals surface area (Å²) in [5.41, 5.74) is 12.0. The molecule has 0 spiro atoms. The maximum Gasteiger partial charge on any atom is 0.137 e. The van der Waals surface area contributed by atoms with Crippen molar-refractivity contribution in [3.8, 4) is 0 Å². The number of hydrogen-bond donors (Lipinski definition) is 2. The number of aromatic nitrogens is 2. The van der Waals surface area contributed by atoms with E-state index < -0.39 is 0 Å². The van der Waals surface area contributed by atoms with Gasteiger partial charge in [0.05, 0.1) is 0 Å². The largest absolute Gasteiger partial charge is 0.340 e. The zero-order valence-corrected chi connectivity index (χ0v) is 13.7. The number of aromatic amines is 1. The third kappa shape index (κ3) is 3.14. The Balaban J connectivity index is 1.92. The highest BCUT2D eigenvalue weighted by Gasteiger charge is 2.14. The molecule has 0 saturated heterocycles. The zero-order valence-electron chi connectivity index (χ0n) is 13.7. The number of fused-ring (bicyclic) bond motifs is 1. The number of H-pyrrole nitrogens is 1. The first-order chi connectivity index (χ1) is 10.5. The molecule has 1 unspecified atom stereocenters. The molecule has 3 N–H and O–H groups in total. The van der Waals surface area contributed by atoms with Crippen LogP contribution in [0.25, 0.3) is 22.7 Å². The lowest BCUT2D eigenvalue weighted by molar-refractivity contribution is 0.614. The molecular formula is C19H25N3. The molecule has 3 heteroatoms. The minimum Gasteiger partial charge on any atom is -0.340 e. The van der Waals surface area contributed by atoms with Crippen molar-refractivity contribution in [1.82, 2.24) is 9.97 Å². The normalized spacial score (nSPS) is 19.8. The van der Waals surface area contributed by atoms with Gasteiger partial charge in [0.1, 0.15) is 5.65 Å². The fourth-order valence-electron chi connectivity index (χ4n) is 2.81. The molecule has 3 nitrogen and oxygen atoms in total. The van der Waals surface area contributed by atoms with Gasteiger partial charge in [-0.15, -0.1) is 0 Å². The molecule has 1 aliphatic carbocycles. The van der Waals surface area contributed by atoms with E-state index in [0.717, 1.165) is 24.9 Å². The number of pyridine rings is 1. The minimum atomic E-state index is 0.321. The lowest BCUT2D eigenvalue weighted by Gasteiger charge is -2.17. The van der Waals surface area contributed by atoms with E-state index in [1.165, 1.54) is 27.8 Å². The van der Waals surface area contributed by atoms with E-state index in [2.05, 4.69) is 55.0 Å². The first-order valence-corrected chi connectivity index (χ1v) is 8.15. The average Bonchev–Trinajstić information content (AvgIpc) is 2.91. The quantitative estimate of drug-likeness (QED) is 0.875. The van der Waals surface area contributed by atoms with E-state index >= 15 is 0 Å². The molecule has 2 heterocycles. The molecular weight excluding hydrogens is 270 g/mol. The molecule has 0 amide bonds. The summed E-state index contributed by atoms with van der Waals surface area (Å²) in [6.45, 7) is 6.60. The number of nitrogens with one attached hydrogen (secondary N) is 1. The van der Waals surface area contributed by atoms with Gasteiger partial charge in [-0.05, 0) is 55.4 Å². The first kappa shape index (κ1) is 15.0. The molecule has 22 heavy (non-hydrogen) atoms. The maximum absolute atomic E-state index is 5.97. The summed E-state index contributed by atoms with van der Waals surface area (Å²) >= 11 is 0. The van der Waals surface area contributed by atoms with Crippen molar-refractivity contribution in [2.24, 2.45) is 11.7 Å². The van der Waals surface area contributed by atoms with Crippen molar-refractivity contribution in [1.29, 1.82) is 0 Å². The van der Waals surface area contributed by atoms with Gasteiger partial charge in [-0.2, -0.15) is 0 Å². The van der Waals surface area contributed by atoms with Gasteiger partial charge in [0.25, 0.3) is 0 Å². The Hall–Kier alpha value is -1.87. The van der Waals surface area contributed by atoms with Gasteiger partial charge in [0, 0.05) is 23.3 Å². The van der Waals surface area contributed by atoms with Crippen LogP contribution in [-0.4, -0.2) is 16.0 Å². The molecule has 0 fully saturated rings. The van der Waals surface area contributed by atoms with Crippen LogP contribution in [0, 0.1) is 5.92 Å². The van der Waals surface area contributed by atoms with Crippen molar-refractivity contribution in [3.05, 3.63) is 41.2 Å². The average molecular weight is 295 g/mol. The molecule has 2 aromatic rings. The molecule has 1 aliphatic rings. The van der Waals surface area contributed by atoms with Gasteiger partial charge in [0.15, 0.2) is 0 Å². The topological polar surface area (TPSA) is 54.7 Å². The number of allylic oxidation sites excluding steroid dienone is 2. The summed E-state index contributed by atoms with van der Waals surface area (Å²) in [6.07, 6.45) is 9.52. The second-order valence-corrected chi connectivity index (χ2v) is 6.70. The van der Waals surface area contributed by atoms with E-state index in [-0.39, 0.29) is 0 Å². The Kier molecular flexibility index (Phi) is 4.16. The van der Waals surface area contributed by atoms with Crippen LogP contribution < -0.4 is 5.73 Å². The van der Waals surface area contributed by atoms with E-state index in [0.29, 0.717) is 12.0 Å². The number of nitrogens with zero attached hydrogens (tertiary/aromatic N) is 1. The summed E-state index contributed by atoms with van der Waals surface area (Å²) in [5, 5.41) is 1.18. The van der Waals surface area contributed by atoms with Crippen molar-refractivity contribution in [2.45, 2.75) is 46.1 Å². The standard InChI is InChI=1S/C19H25N3/c1-12(2)13(3)8-14-9-16-10-18(22-19(16)21-11-14)15-4-6-17(20)7-5-15/h4,8-12,17H,5-7,20H2,1-3H3,(H,21,22)/b13-8+. The lowest BCUT2D eigenvalue weighted by atomic mass is 9.94. The Labute approximate surface area is 132 Å². The first-order valence-electron chi connectivity index (χ1n) is 8.15. The monoisotopic (exact) mass is 295 g/mol. The molecule has 116 valence electrons. The van der Waals surface area contributed by atoms with Crippen molar-refractivity contribution >= 4 is 22.7 Å². The van der Waals surface area contributed by atoms with Crippen LogP contribution in [0.2, 0.25) is 0 Å². The van der Waals surface area contributed by atoms with Crippen LogP contribution in [0.4, 0.5) is 0 Å².